The zero-order valence-corrected chi connectivity index (χ0v) is 28.7. The molecule has 7 aromatic carbocycles. The van der Waals surface area contributed by atoms with Gasteiger partial charge < -0.3 is 0 Å². The van der Waals surface area contributed by atoms with Crippen LogP contribution in [-0.4, -0.2) is 14.5 Å². The van der Waals surface area contributed by atoms with Crippen molar-refractivity contribution in [2.75, 3.05) is 0 Å². The van der Waals surface area contributed by atoms with E-state index in [1.807, 2.05) is 22.7 Å². The summed E-state index contributed by atoms with van der Waals surface area (Å²) in [7, 11) is 0. The lowest BCUT2D eigenvalue weighted by Crippen LogP contribution is -2.05. The van der Waals surface area contributed by atoms with E-state index in [1.165, 1.54) is 67.8 Å². The summed E-state index contributed by atoms with van der Waals surface area (Å²) in [6.07, 6.45) is 0. The third-order valence-corrected chi connectivity index (χ3v) is 12.9. The van der Waals surface area contributed by atoms with E-state index in [0.29, 0.717) is 0 Å². The number of nitrogens with zero attached hydrogens (tertiary/aromatic N) is 3. The van der Waals surface area contributed by atoms with Crippen LogP contribution in [0.1, 0.15) is 0 Å². The van der Waals surface area contributed by atoms with E-state index in [1.54, 1.807) is 0 Å². The van der Waals surface area contributed by atoms with Gasteiger partial charge in [-0.15, -0.1) is 22.7 Å². The van der Waals surface area contributed by atoms with Gasteiger partial charge in [-0.05, 0) is 59.7 Å². The monoisotopic (exact) mass is 683 g/mol. The largest absolute Gasteiger partial charge is 0.292 e. The molecule has 0 fully saturated rings. The molecule has 0 saturated heterocycles. The number of fused-ring (bicyclic) bond motifs is 14. The maximum absolute atomic E-state index is 5.61. The van der Waals surface area contributed by atoms with Crippen LogP contribution in [0.15, 0.2) is 152 Å². The Morgan fingerprint density at radius 1 is 0.412 bits per heavy atom. The highest BCUT2D eigenvalue weighted by Crippen LogP contribution is 2.49. The number of rotatable bonds is 2. The first-order valence-electron chi connectivity index (χ1n) is 17.2. The fourth-order valence-electron chi connectivity index (χ4n) is 8.33. The first-order valence-corrected chi connectivity index (χ1v) is 18.8. The number of hydrogen-bond donors (Lipinski definition) is 0. The lowest BCUT2D eigenvalue weighted by molar-refractivity contribution is 1.06. The summed E-state index contributed by atoms with van der Waals surface area (Å²) in [5, 5.41) is 7.49. The van der Waals surface area contributed by atoms with Crippen molar-refractivity contribution >= 4 is 84.8 Å². The molecule has 1 aliphatic rings. The predicted octanol–water partition coefficient (Wildman–Crippen LogP) is 13.3. The molecule has 0 radical (unpaired) electrons. The smallest absolute Gasteiger partial charge is 0.162 e. The zero-order chi connectivity index (χ0) is 33.2. The molecule has 11 aromatic rings. The van der Waals surface area contributed by atoms with Gasteiger partial charge in [0.05, 0.1) is 22.3 Å². The van der Waals surface area contributed by atoms with Crippen LogP contribution in [0.2, 0.25) is 0 Å². The van der Waals surface area contributed by atoms with Crippen LogP contribution in [0, 0.1) is 0 Å². The number of aromatic nitrogens is 3. The Bertz CT molecular complexity index is 3270. The Hall–Kier alpha value is -6.14. The highest BCUT2D eigenvalue weighted by Gasteiger charge is 2.29. The quantitative estimate of drug-likeness (QED) is 0.182. The summed E-state index contributed by atoms with van der Waals surface area (Å²) in [4.78, 5) is 11.2. The van der Waals surface area contributed by atoms with E-state index >= 15 is 0 Å². The first-order chi connectivity index (χ1) is 25.3. The van der Waals surface area contributed by atoms with Crippen LogP contribution in [0.4, 0.5) is 0 Å². The molecule has 236 valence electrons. The number of thiophene rings is 2. The van der Waals surface area contributed by atoms with Crippen LogP contribution in [0.5, 0.6) is 0 Å². The summed E-state index contributed by atoms with van der Waals surface area (Å²) in [6.45, 7) is 0. The minimum atomic E-state index is 0.721. The molecule has 0 N–H and O–H groups in total. The van der Waals surface area contributed by atoms with Crippen LogP contribution < -0.4 is 0 Å². The molecule has 4 aromatic heterocycles. The average Bonchev–Trinajstić information content (AvgIpc) is 3.84. The zero-order valence-electron chi connectivity index (χ0n) is 27.1. The Morgan fingerprint density at radius 2 is 0.980 bits per heavy atom. The van der Waals surface area contributed by atoms with E-state index in [4.69, 9.17) is 9.97 Å². The molecule has 0 saturated carbocycles. The first kappa shape index (κ1) is 27.7. The van der Waals surface area contributed by atoms with Gasteiger partial charge in [0.2, 0.25) is 0 Å². The van der Waals surface area contributed by atoms with Crippen LogP contribution in [0.3, 0.4) is 0 Å². The summed E-state index contributed by atoms with van der Waals surface area (Å²) in [5.41, 5.74) is 9.94. The summed E-state index contributed by atoms with van der Waals surface area (Å²) >= 11 is 3.68. The summed E-state index contributed by atoms with van der Waals surface area (Å²) < 4.78 is 7.54. The van der Waals surface area contributed by atoms with Crippen LogP contribution in [0.25, 0.3) is 113 Å². The number of benzene rings is 7. The van der Waals surface area contributed by atoms with Crippen molar-refractivity contribution in [1.29, 1.82) is 0 Å². The van der Waals surface area contributed by atoms with Crippen molar-refractivity contribution in [3.63, 3.8) is 0 Å². The standard InChI is InChI=1S/C46H25N3S2/c1-2-14-32-28(10-1)33-15-9-16-34-29-11-3-6-17-37(29)49(44(33)34)46-42(32)43(26-20-22-40-35(24-26)30-12-4-7-18-38(30)50-40)47-45(48-46)27-21-23-41-36(25-27)31-13-5-8-19-39(31)51-41/h1-25H. The molecule has 51 heavy (non-hydrogen) atoms. The van der Waals surface area contributed by atoms with Gasteiger partial charge in [-0.25, -0.2) is 9.97 Å². The van der Waals surface area contributed by atoms with Gasteiger partial charge in [-0.1, -0.05) is 103 Å². The Balaban J connectivity index is 1.25. The van der Waals surface area contributed by atoms with Gasteiger partial charge in [0.25, 0.3) is 0 Å². The highest BCUT2D eigenvalue weighted by molar-refractivity contribution is 7.26. The van der Waals surface area contributed by atoms with E-state index < -0.39 is 0 Å². The van der Waals surface area contributed by atoms with Crippen molar-refractivity contribution in [3.05, 3.63) is 152 Å². The topological polar surface area (TPSA) is 30.7 Å². The molecular formula is C46H25N3S2. The van der Waals surface area contributed by atoms with Gasteiger partial charge in [-0.3, -0.25) is 4.57 Å². The fraction of sp³-hybridized carbons (Fsp3) is 0. The van der Waals surface area contributed by atoms with Gasteiger partial charge in [0.15, 0.2) is 5.82 Å². The predicted molar refractivity (Wildman–Crippen MR) is 217 cm³/mol. The number of hydrogen-bond acceptors (Lipinski definition) is 4. The van der Waals surface area contributed by atoms with E-state index in [-0.39, 0.29) is 0 Å². The van der Waals surface area contributed by atoms with Crippen LogP contribution in [-0.2, 0) is 0 Å². The molecule has 5 heterocycles. The minimum Gasteiger partial charge on any atom is -0.292 e. The maximum atomic E-state index is 5.61. The Labute approximate surface area is 300 Å². The fourth-order valence-corrected chi connectivity index (χ4v) is 10.5. The average molecular weight is 684 g/mol. The molecule has 0 bridgehead atoms. The van der Waals surface area contributed by atoms with Gasteiger partial charge >= 0.3 is 0 Å². The van der Waals surface area contributed by atoms with Gasteiger partial charge in [0, 0.05) is 67.8 Å². The highest BCUT2D eigenvalue weighted by atomic mass is 32.1. The van der Waals surface area contributed by atoms with E-state index in [0.717, 1.165) is 45.1 Å². The maximum Gasteiger partial charge on any atom is 0.162 e. The van der Waals surface area contributed by atoms with Gasteiger partial charge in [-0.2, -0.15) is 0 Å². The molecule has 5 heteroatoms. The summed E-state index contributed by atoms with van der Waals surface area (Å²) in [6, 6.07) is 55.2. The van der Waals surface area contributed by atoms with Crippen molar-refractivity contribution in [1.82, 2.24) is 14.5 Å². The third-order valence-electron chi connectivity index (χ3n) is 10.6. The SMILES string of the molecule is c1ccc2c(c1)-c1c(-c3ccc4sc5ccccc5c4c3)nc(-c3ccc4sc5ccccc5c4c3)nc1-n1c3ccccc3c3cccc-2c31. The molecule has 3 nitrogen and oxygen atoms in total. The van der Waals surface area contributed by atoms with E-state index in [9.17, 15) is 0 Å². The van der Waals surface area contributed by atoms with E-state index in [2.05, 4.69) is 156 Å². The van der Waals surface area contributed by atoms with Gasteiger partial charge in [0.1, 0.15) is 5.82 Å². The number of para-hydroxylation sites is 2. The molecule has 0 atom stereocenters. The lowest BCUT2D eigenvalue weighted by atomic mass is 9.91. The van der Waals surface area contributed by atoms with Crippen molar-refractivity contribution in [2.24, 2.45) is 0 Å². The van der Waals surface area contributed by atoms with Crippen LogP contribution >= 0.6 is 22.7 Å². The molecule has 0 unspecified atom stereocenters. The Morgan fingerprint density at radius 3 is 1.75 bits per heavy atom. The lowest BCUT2D eigenvalue weighted by Gasteiger charge is -2.18. The minimum absolute atomic E-state index is 0.721. The second kappa shape index (κ2) is 10.2. The molecule has 0 aliphatic carbocycles. The van der Waals surface area contributed by atoms with Crippen molar-refractivity contribution in [2.45, 2.75) is 0 Å². The molecular weight excluding hydrogens is 659 g/mol. The third kappa shape index (κ3) is 3.82. The second-order valence-corrected chi connectivity index (χ2v) is 15.5. The molecule has 12 rings (SSSR count). The molecule has 1 aliphatic heterocycles. The normalized spacial score (nSPS) is 12.3. The van der Waals surface area contributed by atoms with Crippen molar-refractivity contribution < 1.29 is 0 Å². The van der Waals surface area contributed by atoms with Crippen molar-refractivity contribution in [3.8, 4) is 50.7 Å². The second-order valence-electron chi connectivity index (χ2n) is 13.3. The summed E-state index contributed by atoms with van der Waals surface area (Å²) in [5.74, 6) is 1.63. The molecule has 0 spiro atoms. The Kier molecular flexibility index (Phi) is 5.53. The molecule has 0 amide bonds.